The zero-order valence-corrected chi connectivity index (χ0v) is 14.4. The van der Waals surface area contributed by atoms with Gasteiger partial charge in [0.15, 0.2) is 0 Å². The van der Waals surface area contributed by atoms with E-state index in [-0.39, 0.29) is 11.3 Å². The van der Waals surface area contributed by atoms with Crippen LogP contribution in [0.3, 0.4) is 0 Å². The van der Waals surface area contributed by atoms with Gasteiger partial charge in [-0.2, -0.15) is 0 Å². The molecule has 1 aliphatic carbocycles. The first-order valence-corrected chi connectivity index (χ1v) is 8.55. The second-order valence-corrected chi connectivity index (χ2v) is 7.86. The monoisotopic (exact) mass is 316 g/mol. The Balaban J connectivity index is 1.40. The summed E-state index contributed by atoms with van der Waals surface area (Å²) in [5, 5.41) is 3.10. The Labute approximate surface area is 139 Å². The SMILES string of the molecule is COCC(C)(C)CN1CC2C(CNC(=O)c3ccccc3)C2C1. The number of piperidine rings is 1. The summed E-state index contributed by atoms with van der Waals surface area (Å²) in [5.74, 6) is 2.26. The average molecular weight is 316 g/mol. The van der Waals surface area contributed by atoms with Gasteiger partial charge in [0.25, 0.3) is 5.91 Å². The number of rotatable bonds is 7. The number of fused-ring (bicyclic) bond motifs is 1. The number of hydrogen-bond acceptors (Lipinski definition) is 3. The van der Waals surface area contributed by atoms with Crippen molar-refractivity contribution in [1.29, 1.82) is 0 Å². The molecule has 126 valence electrons. The smallest absolute Gasteiger partial charge is 0.251 e. The molecule has 0 bridgehead atoms. The van der Waals surface area contributed by atoms with Crippen LogP contribution in [0.15, 0.2) is 30.3 Å². The number of likely N-dealkylation sites (tertiary alicyclic amines) is 1. The fourth-order valence-corrected chi connectivity index (χ4v) is 4.11. The second kappa shape index (κ2) is 6.62. The minimum atomic E-state index is 0.0497. The number of methoxy groups -OCH3 is 1. The molecule has 1 saturated heterocycles. The molecule has 1 saturated carbocycles. The fraction of sp³-hybridized carbons (Fsp3) is 0.632. The molecule has 1 amide bonds. The normalized spacial score (nSPS) is 26.8. The van der Waals surface area contributed by atoms with Crippen molar-refractivity contribution >= 4 is 5.91 Å². The van der Waals surface area contributed by atoms with Crippen LogP contribution in [0, 0.1) is 23.2 Å². The molecular formula is C19H28N2O2. The van der Waals surface area contributed by atoms with Gasteiger partial charge in [-0.1, -0.05) is 32.0 Å². The number of ether oxygens (including phenoxy) is 1. The lowest BCUT2D eigenvalue weighted by atomic mass is 9.94. The third kappa shape index (κ3) is 3.93. The third-order valence-electron chi connectivity index (χ3n) is 5.17. The molecule has 0 radical (unpaired) electrons. The summed E-state index contributed by atoms with van der Waals surface area (Å²) in [7, 11) is 1.77. The number of carbonyl (C=O) groups excluding carboxylic acids is 1. The first kappa shape index (κ1) is 16.5. The Morgan fingerprint density at radius 1 is 1.26 bits per heavy atom. The molecule has 2 unspecified atom stereocenters. The molecule has 1 aliphatic heterocycles. The van der Waals surface area contributed by atoms with Crippen LogP contribution in [-0.4, -0.2) is 50.7 Å². The average Bonchev–Trinajstić information content (AvgIpc) is 2.97. The minimum absolute atomic E-state index is 0.0497. The van der Waals surface area contributed by atoms with E-state index in [1.165, 1.54) is 13.1 Å². The number of nitrogens with one attached hydrogen (secondary N) is 1. The fourth-order valence-electron chi connectivity index (χ4n) is 4.11. The van der Waals surface area contributed by atoms with Gasteiger partial charge in [0.1, 0.15) is 0 Å². The molecule has 2 fully saturated rings. The van der Waals surface area contributed by atoms with Gasteiger partial charge >= 0.3 is 0 Å². The molecular weight excluding hydrogens is 288 g/mol. The highest BCUT2D eigenvalue weighted by Crippen LogP contribution is 2.51. The lowest BCUT2D eigenvalue weighted by molar-refractivity contribution is 0.0719. The molecule has 1 N–H and O–H groups in total. The van der Waals surface area contributed by atoms with Gasteiger partial charge in [0.2, 0.25) is 0 Å². The lowest BCUT2D eigenvalue weighted by Gasteiger charge is -2.30. The Hall–Kier alpha value is -1.39. The van der Waals surface area contributed by atoms with Crippen molar-refractivity contribution in [3.05, 3.63) is 35.9 Å². The van der Waals surface area contributed by atoms with Gasteiger partial charge in [0.05, 0.1) is 6.61 Å². The van der Waals surface area contributed by atoms with Crippen LogP contribution < -0.4 is 5.32 Å². The molecule has 1 aromatic carbocycles. The summed E-state index contributed by atoms with van der Waals surface area (Å²) in [6, 6.07) is 9.47. The van der Waals surface area contributed by atoms with E-state index >= 15 is 0 Å². The van der Waals surface area contributed by atoms with Crippen LogP contribution in [0.25, 0.3) is 0 Å². The highest BCUT2D eigenvalue weighted by atomic mass is 16.5. The zero-order valence-electron chi connectivity index (χ0n) is 14.4. The summed E-state index contributed by atoms with van der Waals surface area (Å²) in [6.07, 6.45) is 0. The van der Waals surface area contributed by atoms with Crippen molar-refractivity contribution in [1.82, 2.24) is 10.2 Å². The largest absolute Gasteiger partial charge is 0.384 e. The van der Waals surface area contributed by atoms with Gasteiger partial charge in [-0.05, 0) is 29.9 Å². The van der Waals surface area contributed by atoms with Crippen LogP contribution >= 0.6 is 0 Å². The summed E-state index contributed by atoms with van der Waals surface area (Å²) >= 11 is 0. The van der Waals surface area contributed by atoms with E-state index in [4.69, 9.17) is 4.74 Å². The van der Waals surface area contributed by atoms with Crippen LogP contribution in [0.1, 0.15) is 24.2 Å². The van der Waals surface area contributed by atoms with E-state index < -0.39 is 0 Å². The maximum absolute atomic E-state index is 12.1. The highest BCUT2D eigenvalue weighted by Gasteiger charge is 2.55. The Morgan fingerprint density at radius 2 is 1.91 bits per heavy atom. The molecule has 0 spiro atoms. The second-order valence-electron chi connectivity index (χ2n) is 7.86. The first-order chi connectivity index (χ1) is 11.0. The Kier molecular flexibility index (Phi) is 4.74. The van der Waals surface area contributed by atoms with Gasteiger partial charge in [0, 0.05) is 44.3 Å². The predicted octanol–water partition coefficient (Wildman–Crippen LogP) is 2.27. The van der Waals surface area contributed by atoms with Gasteiger partial charge in [-0.15, -0.1) is 0 Å². The van der Waals surface area contributed by atoms with E-state index in [9.17, 15) is 4.79 Å². The van der Waals surface area contributed by atoms with Crippen LogP contribution in [0.4, 0.5) is 0 Å². The number of hydrogen-bond donors (Lipinski definition) is 1. The maximum Gasteiger partial charge on any atom is 0.251 e. The number of amides is 1. The third-order valence-corrected chi connectivity index (χ3v) is 5.17. The molecule has 23 heavy (non-hydrogen) atoms. The molecule has 1 aromatic rings. The van der Waals surface area contributed by atoms with Crippen LogP contribution in [0.5, 0.6) is 0 Å². The summed E-state index contributed by atoms with van der Waals surface area (Å²) in [5.41, 5.74) is 0.962. The first-order valence-electron chi connectivity index (χ1n) is 8.55. The zero-order chi connectivity index (χ0) is 16.4. The Morgan fingerprint density at radius 3 is 2.52 bits per heavy atom. The lowest BCUT2D eigenvalue weighted by Crippen LogP contribution is -2.38. The van der Waals surface area contributed by atoms with Crippen molar-refractivity contribution < 1.29 is 9.53 Å². The summed E-state index contributed by atoms with van der Waals surface area (Å²) < 4.78 is 5.31. The molecule has 4 heteroatoms. The molecule has 2 aliphatic rings. The summed E-state index contributed by atoms with van der Waals surface area (Å²) in [4.78, 5) is 14.6. The maximum atomic E-state index is 12.1. The molecule has 4 nitrogen and oxygen atoms in total. The van der Waals surface area contributed by atoms with E-state index in [1.54, 1.807) is 7.11 Å². The topological polar surface area (TPSA) is 41.6 Å². The van der Waals surface area contributed by atoms with Crippen molar-refractivity contribution in [3.8, 4) is 0 Å². The highest BCUT2D eigenvalue weighted by molar-refractivity contribution is 5.94. The van der Waals surface area contributed by atoms with Crippen molar-refractivity contribution in [2.45, 2.75) is 13.8 Å². The molecule has 3 rings (SSSR count). The van der Waals surface area contributed by atoms with E-state index in [2.05, 4.69) is 24.1 Å². The molecule has 0 aromatic heterocycles. The van der Waals surface area contributed by atoms with Crippen LogP contribution in [-0.2, 0) is 4.74 Å². The number of benzene rings is 1. The molecule has 1 heterocycles. The van der Waals surface area contributed by atoms with Gasteiger partial charge < -0.3 is 15.0 Å². The molecule has 2 atom stereocenters. The predicted molar refractivity (Wildman–Crippen MR) is 91.3 cm³/mol. The number of nitrogens with zero attached hydrogens (tertiary/aromatic N) is 1. The minimum Gasteiger partial charge on any atom is -0.384 e. The van der Waals surface area contributed by atoms with Crippen LogP contribution in [0.2, 0.25) is 0 Å². The Bertz CT molecular complexity index is 532. The number of carbonyl (C=O) groups is 1. The van der Waals surface area contributed by atoms with E-state index in [1.807, 2.05) is 30.3 Å². The van der Waals surface area contributed by atoms with Crippen molar-refractivity contribution in [3.63, 3.8) is 0 Å². The quantitative estimate of drug-likeness (QED) is 0.839. The van der Waals surface area contributed by atoms with Gasteiger partial charge in [-0.3, -0.25) is 4.79 Å². The van der Waals surface area contributed by atoms with Crippen molar-refractivity contribution in [2.24, 2.45) is 23.2 Å². The van der Waals surface area contributed by atoms with Gasteiger partial charge in [-0.25, -0.2) is 0 Å². The summed E-state index contributed by atoms with van der Waals surface area (Å²) in [6.45, 7) is 9.58. The standard InChI is InChI=1S/C19H28N2O2/c1-19(2,13-23-3)12-21-10-16-15(17(16)11-21)9-20-18(22)14-7-5-4-6-8-14/h4-8,15-17H,9-13H2,1-3H3,(H,20,22). The van der Waals surface area contributed by atoms with E-state index in [0.29, 0.717) is 5.92 Å². The van der Waals surface area contributed by atoms with Crippen molar-refractivity contribution in [2.75, 3.05) is 39.9 Å². The van der Waals surface area contributed by atoms with E-state index in [0.717, 1.165) is 37.1 Å².